The third kappa shape index (κ3) is 10.3. The summed E-state index contributed by atoms with van der Waals surface area (Å²) in [6.45, 7) is 5.16. The van der Waals surface area contributed by atoms with Crippen LogP contribution in [0.4, 0.5) is 0 Å². The van der Waals surface area contributed by atoms with Crippen molar-refractivity contribution in [3.63, 3.8) is 0 Å². The fourth-order valence-electron chi connectivity index (χ4n) is 4.98. The molecule has 2 aromatic carbocycles. The maximum Gasteiger partial charge on any atom is 0.254 e. The van der Waals surface area contributed by atoms with E-state index in [-0.39, 0.29) is 19.5 Å². The number of aliphatic hydroxyl groups excluding tert-OH is 1. The normalized spacial score (nSPS) is 22.2. The van der Waals surface area contributed by atoms with Gasteiger partial charge in [-0.15, -0.1) is 0 Å². The Morgan fingerprint density at radius 1 is 0.915 bits per heavy atom. The molecule has 6 amide bonds. The van der Waals surface area contributed by atoms with E-state index in [0.717, 1.165) is 5.56 Å². The molecule has 254 valence electrons. The standard InChI is InChI=1S/C33H44N6O8/c1-19(2)28-32(45)35-21(4)29(42)37-26(18-40)31(44)36-25(16-22-9-7-6-8-10-22)30(43)34-13-14-39(17-27(41)38-28)33(46)24-12-11-23(47-5)15-20(24)3/h6-12,15,19,21,25-26,28,40H,13-14,16-18H2,1-5H3,(H,34,43)(H,35,45)(H,36,44)(H,37,42)(H,38,41)/t21-,25+,26-,28+/m0/s1. The Morgan fingerprint density at radius 2 is 1.60 bits per heavy atom. The summed E-state index contributed by atoms with van der Waals surface area (Å²) in [4.78, 5) is 81.0. The molecule has 0 spiro atoms. The van der Waals surface area contributed by atoms with E-state index in [4.69, 9.17) is 4.74 Å². The maximum absolute atomic E-state index is 13.7. The molecule has 3 rings (SSSR count). The highest BCUT2D eigenvalue weighted by Gasteiger charge is 2.32. The van der Waals surface area contributed by atoms with Gasteiger partial charge in [0.05, 0.1) is 20.3 Å². The van der Waals surface area contributed by atoms with Crippen molar-refractivity contribution in [2.75, 3.05) is 33.4 Å². The highest BCUT2D eigenvalue weighted by Crippen LogP contribution is 2.18. The minimum Gasteiger partial charge on any atom is -0.497 e. The van der Waals surface area contributed by atoms with Crippen LogP contribution in [0.5, 0.6) is 5.75 Å². The molecule has 6 N–H and O–H groups in total. The predicted molar refractivity (Wildman–Crippen MR) is 172 cm³/mol. The van der Waals surface area contributed by atoms with Gasteiger partial charge in [-0.2, -0.15) is 0 Å². The highest BCUT2D eigenvalue weighted by molar-refractivity contribution is 5.99. The van der Waals surface area contributed by atoms with Crippen LogP contribution in [0.25, 0.3) is 0 Å². The van der Waals surface area contributed by atoms with Crippen molar-refractivity contribution in [2.24, 2.45) is 5.92 Å². The molecule has 4 atom stereocenters. The van der Waals surface area contributed by atoms with Gasteiger partial charge in [0, 0.05) is 25.1 Å². The first-order chi connectivity index (χ1) is 22.3. The van der Waals surface area contributed by atoms with E-state index in [1.165, 1.54) is 18.9 Å². The van der Waals surface area contributed by atoms with Crippen molar-refractivity contribution in [3.8, 4) is 5.75 Å². The number of carbonyl (C=O) groups excluding carboxylic acids is 6. The second-order valence-electron chi connectivity index (χ2n) is 11.7. The number of carbonyl (C=O) groups is 6. The Balaban J connectivity index is 1.96. The SMILES string of the molecule is COc1ccc(C(=O)N2CCNC(=O)[C@@H](Cc3ccccc3)NC(=O)[C@H](CO)NC(=O)[C@H](C)NC(=O)[C@@H](C(C)C)NC(=O)C2)c(C)c1. The number of amides is 6. The summed E-state index contributed by atoms with van der Waals surface area (Å²) in [6.07, 6.45) is 0.0870. The summed E-state index contributed by atoms with van der Waals surface area (Å²) in [5.41, 5.74) is 1.66. The molecule has 0 radical (unpaired) electrons. The monoisotopic (exact) mass is 652 g/mol. The molecular weight excluding hydrogens is 608 g/mol. The molecule has 47 heavy (non-hydrogen) atoms. The fraction of sp³-hybridized carbons (Fsp3) is 0.455. The van der Waals surface area contributed by atoms with Gasteiger partial charge in [-0.05, 0) is 49.1 Å². The van der Waals surface area contributed by atoms with Gasteiger partial charge in [-0.3, -0.25) is 28.8 Å². The molecule has 0 aliphatic carbocycles. The Hall–Kier alpha value is -4.98. The molecule has 1 heterocycles. The number of methoxy groups -OCH3 is 1. The van der Waals surface area contributed by atoms with Crippen LogP contribution in [-0.2, 0) is 30.4 Å². The van der Waals surface area contributed by atoms with Gasteiger partial charge in [0.15, 0.2) is 0 Å². The van der Waals surface area contributed by atoms with Crippen molar-refractivity contribution in [1.29, 1.82) is 0 Å². The third-order valence-corrected chi connectivity index (χ3v) is 7.72. The van der Waals surface area contributed by atoms with Gasteiger partial charge < -0.3 is 41.3 Å². The van der Waals surface area contributed by atoms with Crippen LogP contribution in [0, 0.1) is 12.8 Å². The zero-order valence-corrected chi connectivity index (χ0v) is 27.3. The number of aliphatic hydroxyl groups is 1. The summed E-state index contributed by atoms with van der Waals surface area (Å²) in [6, 6.07) is 9.06. The summed E-state index contributed by atoms with van der Waals surface area (Å²) in [5.74, 6) is -3.77. The smallest absolute Gasteiger partial charge is 0.254 e. The summed E-state index contributed by atoms with van der Waals surface area (Å²) < 4.78 is 5.24. The lowest BCUT2D eigenvalue weighted by molar-refractivity contribution is -0.135. The molecule has 1 fully saturated rings. The molecule has 0 aromatic heterocycles. The van der Waals surface area contributed by atoms with Crippen LogP contribution >= 0.6 is 0 Å². The molecule has 1 aliphatic rings. The summed E-state index contributed by atoms with van der Waals surface area (Å²) in [7, 11) is 1.50. The van der Waals surface area contributed by atoms with Gasteiger partial charge in [0.1, 0.15) is 29.9 Å². The van der Waals surface area contributed by atoms with Crippen molar-refractivity contribution in [1.82, 2.24) is 31.5 Å². The number of ether oxygens (including phenoxy) is 1. The quantitative estimate of drug-likeness (QED) is 0.239. The third-order valence-electron chi connectivity index (χ3n) is 7.72. The van der Waals surface area contributed by atoms with Crippen molar-refractivity contribution < 1.29 is 38.6 Å². The summed E-state index contributed by atoms with van der Waals surface area (Å²) in [5, 5.41) is 22.9. The molecule has 1 saturated heterocycles. The van der Waals surface area contributed by atoms with Crippen molar-refractivity contribution in [2.45, 2.75) is 58.3 Å². The largest absolute Gasteiger partial charge is 0.497 e. The van der Waals surface area contributed by atoms with Crippen molar-refractivity contribution >= 4 is 35.4 Å². The molecular formula is C33H44N6O8. The summed E-state index contributed by atoms with van der Waals surface area (Å²) >= 11 is 0. The van der Waals surface area contributed by atoms with Crippen LogP contribution < -0.4 is 31.3 Å². The minimum atomic E-state index is -1.42. The van der Waals surface area contributed by atoms with E-state index in [1.807, 2.05) is 0 Å². The van der Waals surface area contributed by atoms with Gasteiger partial charge in [-0.1, -0.05) is 44.2 Å². The van der Waals surface area contributed by atoms with Crippen molar-refractivity contribution in [3.05, 3.63) is 65.2 Å². The lowest BCUT2D eigenvalue weighted by Gasteiger charge is -2.28. The van der Waals surface area contributed by atoms with Gasteiger partial charge in [0.2, 0.25) is 29.5 Å². The zero-order valence-electron chi connectivity index (χ0n) is 27.3. The second-order valence-corrected chi connectivity index (χ2v) is 11.7. The molecule has 0 saturated carbocycles. The van der Waals surface area contributed by atoms with E-state index in [9.17, 15) is 33.9 Å². The molecule has 2 aromatic rings. The first-order valence-electron chi connectivity index (χ1n) is 15.4. The lowest BCUT2D eigenvalue weighted by Crippen LogP contribution is -2.60. The van der Waals surface area contributed by atoms with Crippen LogP contribution in [-0.4, -0.2) is 103 Å². The Bertz CT molecular complexity index is 1450. The number of benzene rings is 2. The molecule has 14 nitrogen and oxygen atoms in total. The number of aryl methyl sites for hydroxylation is 1. The van der Waals surface area contributed by atoms with E-state index in [1.54, 1.807) is 69.3 Å². The molecule has 1 aliphatic heterocycles. The Kier molecular flexibility index (Phi) is 13.3. The number of nitrogens with one attached hydrogen (secondary N) is 5. The minimum absolute atomic E-state index is 0.0830. The van der Waals surface area contributed by atoms with Gasteiger partial charge >= 0.3 is 0 Å². The van der Waals surface area contributed by atoms with E-state index < -0.39 is 78.7 Å². The number of nitrogens with zero attached hydrogens (tertiary/aromatic N) is 1. The molecule has 14 heteroatoms. The van der Waals surface area contributed by atoms with Gasteiger partial charge in [0.25, 0.3) is 5.91 Å². The Labute approximate surface area is 274 Å². The fourth-order valence-corrected chi connectivity index (χ4v) is 4.98. The van der Waals surface area contributed by atoms with E-state index in [0.29, 0.717) is 16.9 Å². The zero-order chi connectivity index (χ0) is 34.7. The average molecular weight is 653 g/mol. The first-order valence-corrected chi connectivity index (χ1v) is 15.4. The van der Waals surface area contributed by atoms with Crippen LogP contribution in [0.2, 0.25) is 0 Å². The highest BCUT2D eigenvalue weighted by atomic mass is 16.5. The topological polar surface area (TPSA) is 195 Å². The van der Waals surface area contributed by atoms with Crippen LogP contribution in [0.1, 0.15) is 42.3 Å². The number of rotatable bonds is 6. The lowest BCUT2D eigenvalue weighted by atomic mass is 10.0. The van der Waals surface area contributed by atoms with Gasteiger partial charge in [-0.25, -0.2) is 0 Å². The number of hydrogen-bond donors (Lipinski definition) is 6. The Morgan fingerprint density at radius 3 is 2.21 bits per heavy atom. The maximum atomic E-state index is 13.7. The van der Waals surface area contributed by atoms with E-state index >= 15 is 0 Å². The molecule has 0 unspecified atom stereocenters. The number of hydrogen-bond acceptors (Lipinski definition) is 8. The first kappa shape index (κ1) is 36.5. The van der Waals surface area contributed by atoms with Crippen LogP contribution in [0.15, 0.2) is 48.5 Å². The average Bonchev–Trinajstić information content (AvgIpc) is 3.04. The molecule has 0 bridgehead atoms. The predicted octanol–water partition coefficient (Wildman–Crippen LogP) is -0.574. The second kappa shape index (κ2) is 17.1. The van der Waals surface area contributed by atoms with Crippen LogP contribution in [0.3, 0.4) is 0 Å². The van der Waals surface area contributed by atoms with E-state index in [2.05, 4.69) is 26.6 Å².